The third-order valence-corrected chi connectivity index (χ3v) is 9.50. The molecular weight excluding hydrogens is 809 g/mol. The number of aryl methyl sites for hydroxylation is 2. The summed E-state index contributed by atoms with van der Waals surface area (Å²) in [6.07, 6.45) is -9.21. The molecule has 0 unspecified atom stereocenters. The number of hydrogen-bond donors (Lipinski definition) is 0. The first-order valence-corrected chi connectivity index (χ1v) is 18.0. The summed E-state index contributed by atoms with van der Waals surface area (Å²) in [5.74, 6) is -10.4. The maximum Gasteiger partial charge on any atom is 0.598 e. The van der Waals surface area contributed by atoms with Gasteiger partial charge in [-0.15, -0.1) is 0 Å². The van der Waals surface area contributed by atoms with Crippen LogP contribution in [-0.4, -0.2) is 69.1 Å². The number of rotatable bonds is 14. The lowest BCUT2D eigenvalue weighted by Gasteiger charge is -2.26. The predicted octanol–water partition coefficient (Wildman–Crippen LogP) is 11.6. The van der Waals surface area contributed by atoms with Crippen LogP contribution in [0.25, 0.3) is 34.0 Å². The highest BCUT2D eigenvalue weighted by Crippen LogP contribution is 2.42. The molecule has 1 aliphatic rings. The summed E-state index contributed by atoms with van der Waals surface area (Å²) < 4.78 is 161. The first kappa shape index (κ1) is 43.8. The van der Waals surface area contributed by atoms with E-state index >= 15 is 0 Å². The minimum Gasteiger partial charge on any atom is -0.497 e. The van der Waals surface area contributed by atoms with E-state index in [1.165, 1.54) is 50.6 Å². The molecule has 5 aromatic rings. The van der Waals surface area contributed by atoms with E-state index in [1.807, 2.05) is 62.4 Å². The maximum absolute atomic E-state index is 14.5. The lowest BCUT2D eigenvalue weighted by atomic mass is 9.98. The molecule has 0 aliphatic carbocycles. The number of benzene rings is 4. The van der Waals surface area contributed by atoms with Crippen LogP contribution in [0.5, 0.6) is 11.5 Å². The van der Waals surface area contributed by atoms with Gasteiger partial charge in [-0.05, 0) is 85.2 Å². The Morgan fingerprint density at radius 3 is 1.47 bits per heavy atom. The summed E-state index contributed by atoms with van der Waals surface area (Å²) in [5.41, 5.74) is 4.91. The molecule has 6 nitrogen and oxygen atoms in total. The highest BCUT2D eigenvalue weighted by molar-refractivity contribution is 6.44. The Labute approximate surface area is 338 Å². The monoisotopic (exact) mass is 844 g/mol. The van der Waals surface area contributed by atoms with Gasteiger partial charge in [0, 0.05) is 28.1 Å². The van der Waals surface area contributed by atoms with Crippen molar-refractivity contribution in [2.75, 3.05) is 27.4 Å². The molecule has 17 heteroatoms. The second kappa shape index (κ2) is 17.0. The normalized spacial score (nSPS) is 14.3. The number of halogens is 10. The van der Waals surface area contributed by atoms with Crippen LogP contribution >= 0.6 is 0 Å². The highest BCUT2D eigenvalue weighted by atomic mass is 19.4. The molecule has 60 heavy (non-hydrogen) atoms. The summed E-state index contributed by atoms with van der Waals surface area (Å²) in [7, 11) is 0.0319. The van der Waals surface area contributed by atoms with Crippen molar-refractivity contribution < 1.29 is 62.7 Å². The fourth-order valence-electron chi connectivity index (χ4n) is 6.12. The number of aliphatic imine (C=N–C) groups is 1. The molecule has 4 aromatic carbocycles. The molecule has 0 spiro atoms. The summed E-state index contributed by atoms with van der Waals surface area (Å²) in [6, 6.07) is 28.2. The zero-order valence-corrected chi connectivity index (χ0v) is 32.3. The van der Waals surface area contributed by atoms with Crippen LogP contribution in [0, 0.1) is 13.8 Å². The fraction of sp³-hybridized carbons (Fsp3) is 0.233. The highest BCUT2D eigenvalue weighted by Gasteiger charge is 2.60. The lowest BCUT2D eigenvalue weighted by molar-refractivity contribution is -0.295. The summed E-state index contributed by atoms with van der Waals surface area (Å²) in [5, 5.41) is 0. The fourth-order valence-corrected chi connectivity index (χ4v) is 6.12. The van der Waals surface area contributed by atoms with E-state index in [0.29, 0.717) is 39.5 Å². The Morgan fingerprint density at radius 1 is 0.583 bits per heavy atom. The Balaban J connectivity index is 1.67. The van der Waals surface area contributed by atoms with Crippen molar-refractivity contribution in [1.29, 1.82) is 0 Å². The number of alkyl halides is 10. The smallest absolute Gasteiger partial charge is 0.497 e. The van der Waals surface area contributed by atoms with Gasteiger partial charge in [0.25, 0.3) is 0 Å². The molecule has 0 saturated carbocycles. The van der Waals surface area contributed by atoms with Crippen molar-refractivity contribution in [3.8, 4) is 33.9 Å². The first-order valence-electron chi connectivity index (χ1n) is 18.0. The average Bonchev–Trinajstić information content (AvgIpc) is 3.80. The van der Waals surface area contributed by atoms with E-state index in [0.717, 1.165) is 15.6 Å². The van der Waals surface area contributed by atoms with Crippen LogP contribution in [0.4, 0.5) is 43.9 Å². The molecule has 0 bridgehead atoms. The van der Waals surface area contributed by atoms with E-state index in [2.05, 4.69) is 0 Å². The SMILES string of the molecule is COc1ccc(-c2cc(-c3ccc(OC)cc3)n(B(OCC(F)(F)C(F)(F)F)OCC(F)(F)C(F)(F)F)c2/C=C2\N=C(c3ccc(C)cc3)C=C2c2ccc(C)cc2)cc1. The quantitative estimate of drug-likeness (QED) is 0.0825. The second-order valence-corrected chi connectivity index (χ2v) is 13.8. The van der Waals surface area contributed by atoms with E-state index < -0.39 is 44.7 Å². The minimum atomic E-state index is -6.19. The van der Waals surface area contributed by atoms with Gasteiger partial charge in [-0.25, -0.2) is 4.99 Å². The van der Waals surface area contributed by atoms with Gasteiger partial charge in [0.1, 0.15) is 24.7 Å². The maximum atomic E-state index is 14.5. The molecule has 1 aliphatic heterocycles. The Kier molecular flexibility index (Phi) is 12.4. The van der Waals surface area contributed by atoms with E-state index in [1.54, 1.807) is 30.3 Å². The molecule has 314 valence electrons. The number of allylic oxidation sites excluding steroid dienone is 2. The number of nitrogens with zero attached hydrogens (tertiary/aromatic N) is 2. The predicted molar refractivity (Wildman–Crippen MR) is 208 cm³/mol. The largest absolute Gasteiger partial charge is 0.598 e. The molecule has 0 amide bonds. The molecule has 0 N–H and O–H groups in total. The van der Waals surface area contributed by atoms with Crippen LogP contribution in [0.3, 0.4) is 0 Å². The van der Waals surface area contributed by atoms with Crippen molar-refractivity contribution in [2.45, 2.75) is 38.0 Å². The van der Waals surface area contributed by atoms with Crippen molar-refractivity contribution in [2.24, 2.45) is 4.99 Å². The van der Waals surface area contributed by atoms with E-state index in [4.69, 9.17) is 23.8 Å². The summed E-state index contributed by atoms with van der Waals surface area (Å²) >= 11 is 0. The van der Waals surface area contributed by atoms with Crippen LogP contribution in [0.2, 0.25) is 0 Å². The van der Waals surface area contributed by atoms with Crippen molar-refractivity contribution in [1.82, 2.24) is 4.48 Å². The summed E-state index contributed by atoms with van der Waals surface area (Å²) in [6.45, 7) is -1.27. The van der Waals surface area contributed by atoms with Gasteiger partial charge < -0.3 is 23.3 Å². The van der Waals surface area contributed by atoms with Crippen LogP contribution in [-0.2, 0) is 9.31 Å². The van der Waals surface area contributed by atoms with Gasteiger partial charge in [-0.3, -0.25) is 0 Å². The third kappa shape index (κ3) is 9.47. The molecule has 0 atom stereocenters. The zero-order valence-electron chi connectivity index (χ0n) is 32.3. The van der Waals surface area contributed by atoms with Crippen LogP contribution in [0.15, 0.2) is 120 Å². The second-order valence-electron chi connectivity index (χ2n) is 13.8. The number of methoxy groups -OCH3 is 2. The lowest BCUT2D eigenvalue weighted by Crippen LogP contribution is -2.48. The molecule has 1 aromatic heterocycles. The van der Waals surface area contributed by atoms with Crippen molar-refractivity contribution in [3.05, 3.63) is 143 Å². The molecule has 0 saturated heterocycles. The average molecular weight is 845 g/mol. The molecule has 0 fully saturated rings. The Bertz CT molecular complexity index is 2360. The number of ether oxygens (including phenoxy) is 2. The third-order valence-electron chi connectivity index (χ3n) is 9.50. The van der Waals surface area contributed by atoms with Crippen molar-refractivity contribution >= 4 is 24.6 Å². The molecular formula is C43H35BF10N2O4. The first-order chi connectivity index (χ1) is 28.2. The van der Waals surface area contributed by atoms with E-state index in [9.17, 15) is 43.9 Å². The Hall–Kier alpha value is -5.81. The minimum absolute atomic E-state index is 0.104. The van der Waals surface area contributed by atoms with Gasteiger partial charge in [-0.1, -0.05) is 71.8 Å². The molecule has 0 radical (unpaired) electrons. The molecule has 2 heterocycles. The van der Waals surface area contributed by atoms with Gasteiger partial charge in [0.2, 0.25) is 0 Å². The summed E-state index contributed by atoms with van der Waals surface area (Å²) in [4.78, 5) is 4.88. The Morgan fingerprint density at radius 2 is 1.02 bits per heavy atom. The number of hydrogen-bond acceptors (Lipinski definition) is 5. The number of aromatic nitrogens is 1. The van der Waals surface area contributed by atoms with Crippen LogP contribution in [0.1, 0.15) is 27.9 Å². The van der Waals surface area contributed by atoms with E-state index in [-0.39, 0.29) is 28.2 Å². The van der Waals surface area contributed by atoms with Crippen LogP contribution < -0.4 is 9.47 Å². The zero-order chi connectivity index (χ0) is 43.6. The van der Waals surface area contributed by atoms with Gasteiger partial charge in [0.05, 0.1) is 25.6 Å². The standard InChI is InChI=1S/C43H35BF10N2O4/c1-26-5-9-28(10-6-26)34-21-36(30-11-7-27(2)8-12-30)55-37(34)23-39-35(29-13-17-32(57-3)18-14-29)22-38(31-15-19-33(58-4)20-16-31)56(39)44(59-24-40(45,46)42(49,50)51)60-25-41(47,48)43(52,53)54/h5-23H,24-25H2,1-4H3/b37-23-. The molecule has 6 rings (SSSR count). The topological polar surface area (TPSA) is 54.2 Å². The van der Waals surface area contributed by atoms with Gasteiger partial charge in [-0.2, -0.15) is 43.9 Å². The van der Waals surface area contributed by atoms with Gasteiger partial charge in [0.15, 0.2) is 0 Å². The van der Waals surface area contributed by atoms with Gasteiger partial charge >= 0.3 is 31.5 Å². The van der Waals surface area contributed by atoms with Crippen molar-refractivity contribution in [3.63, 3.8) is 0 Å².